The lowest BCUT2D eigenvalue weighted by Gasteiger charge is -2.40. The summed E-state index contributed by atoms with van der Waals surface area (Å²) in [7, 11) is 0. The Balaban J connectivity index is 2.14. The van der Waals surface area contributed by atoms with Crippen LogP contribution in [0.15, 0.2) is 30.3 Å². The van der Waals surface area contributed by atoms with Crippen LogP contribution < -0.4 is 0 Å². The van der Waals surface area contributed by atoms with E-state index in [2.05, 4.69) is 58.0 Å². The molecule has 0 saturated heterocycles. The molecule has 1 saturated carbocycles. The van der Waals surface area contributed by atoms with E-state index in [1.165, 1.54) is 50.5 Å². The molecule has 1 aromatic carbocycles. The highest BCUT2D eigenvalue weighted by Crippen LogP contribution is 2.43. The van der Waals surface area contributed by atoms with Crippen molar-refractivity contribution in [3.63, 3.8) is 0 Å². The molecule has 0 N–H and O–H groups in total. The van der Waals surface area contributed by atoms with Gasteiger partial charge in [-0.05, 0) is 48.0 Å². The van der Waals surface area contributed by atoms with Gasteiger partial charge in [0.15, 0.2) is 0 Å². The van der Waals surface area contributed by atoms with Crippen molar-refractivity contribution in [3.05, 3.63) is 35.9 Å². The average molecular weight is 287 g/mol. The van der Waals surface area contributed by atoms with Crippen molar-refractivity contribution < 1.29 is 0 Å². The van der Waals surface area contributed by atoms with Gasteiger partial charge in [-0.2, -0.15) is 0 Å². The molecule has 0 nitrogen and oxygen atoms in total. The van der Waals surface area contributed by atoms with Crippen molar-refractivity contribution in [2.24, 2.45) is 23.2 Å². The maximum atomic E-state index is 2.55. The van der Waals surface area contributed by atoms with Crippen molar-refractivity contribution in [2.75, 3.05) is 0 Å². The highest BCUT2D eigenvalue weighted by molar-refractivity contribution is 5.16. The van der Waals surface area contributed by atoms with Gasteiger partial charge < -0.3 is 0 Å². The van der Waals surface area contributed by atoms with Gasteiger partial charge in [0.05, 0.1) is 0 Å². The van der Waals surface area contributed by atoms with E-state index < -0.39 is 0 Å². The largest absolute Gasteiger partial charge is 0.0651 e. The first-order chi connectivity index (χ1) is 10.0. The van der Waals surface area contributed by atoms with E-state index in [0.29, 0.717) is 5.41 Å². The maximum absolute atomic E-state index is 2.55. The lowest BCUT2D eigenvalue weighted by molar-refractivity contribution is 0.126. The fourth-order valence-corrected chi connectivity index (χ4v) is 4.54. The van der Waals surface area contributed by atoms with Gasteiger partial charge in [0.25, 0.3) is 0 Å². The topological polar surface area (TPSA) is 0 Å². The van der Waals surface area contributed by atoms with Crippen molar-refractivity contribution in [1.82, 2.24) is 0 Å². The molecule has 2 rings (SSSR count). The van der Waals surface area contributed by atoms with Crippen LogP contribution in [-0.2, 0) is 6.42 Å². The van der Waals surface area contributed by atoms with Crippen LogP contribution in [0.5, 0.6) is 0 Å². The van der Waals surface area contributed by atoms with E-state index >= 15 is 0 Å². The summed E-state index contributed by atoms with van der Waals surface area (Å²) >= 11 is 0. The SMILES string of the molecule is CCC(C)C1CCCC(C)CC(C)(Cc2ccccc2)C1. The van der Waals surface area contributed by atoms with Crippen LogP contribution in [0.4, 0.5) is 0 Å². The number of hydrogen-bond donors (Lipinski definition) is 0. The van der Waals surface area contributed by atoms with E-state index in [4.69, 9.17) is 0 Å². The molecule has 0 aliphatic heterocycles. The number of benzene rings is 1. The van der Waals surface area contributed by atoms with E-state index in [0.717, 1.165) is 17.8 Å². The quantitative estimate of drug-likeness (QED) is 0.592. The summed E-state index contributed by atoms with van der Waals surface area (Å²) in [6, 6.07) is 11.1. The summed E-state index contributed by atoms with van der Waals surface area (Å²) in [5.41, 5.74) is 2.01. The first-order valence-corrected chi connectivity index (χ1v) is 9.06. The van der Waals surface area contributed by atoms with E-state index in [-0.39, 0.29) is 0 Å². The standard InChI is InChI=1S/C21H34/c1-5-18(3)20-13-9-10-17(2)14-21(4,16-20)15-19-11-7-6-8-12-19/h6-8,11-12,17-18,20H,5,9-10,13-16H2,1-4H3. The normalized spacial score (nSPS) is 32.2. The Morgan fingerprint density at radius 3 is 2.52 bits per heavy atom. The van der Waals surface area contributed by atoms with Crippen LogP contribution in [0.3, 0.4) is 0 Å². The smallest absolute Gasteiger partial charge is 0.0224 e. The molecule has 4 atom stereocenters. The molecule has 0 bridgehead atoms. The Bertz CT molecular complexity index is 407. The molecule has 118 valence electrons. The fraction of sp³-hybridized carbons (Fsp3) is 0.714. The van der Waals surface area contributed by atoms with Crippen LogP contribution in [-0.4, -0.2) is 0 Å². The minimum atomic E-state index is 0.481. The second-order valence-electron chi connectivity index (χ2n) is 8.06. The highest BCUT2D eigenvalue weighted by atomic mass is 14.4. The summed E-state index contributed by atoms with van der Waals surface area (Å²) in [5.74, 6) is 2.70. The monoisotopic (exact) mass is 286 g/mol. The van der Waals surface area contributed by atoms with Gasteiger partial charge in [-0.3, -0.25) is 0 Å². The molecule has 21 heavy (non-hydrogen) atoms. The molecule has 1 aliphatic carbocycles. The Labute approximate surface area is 132 Å². The Hall–Kier alpha value is -0.780. The summed E-state index contributed by atoms with van der Waals surface area (Å²) in [6.07, 6.45) is 9.72. The third kappa shape index (κ3) is 4.87. The molecule has 1 aromatic rings. The Morgan fingerprint density at radius 1 is 1.14 bits per heavy atom. The first kappa shape index (κ1) is 16.6. The summed E-state index contributed by atoms with van der Waals surface area (Å²) < 4.78 is 0. The predicted octanol–water partition coefficient (Wildman–Crippen LogP) is 6.50. The molecule has 0 spiro atoms. The lowest BCUT2D eigenvalue weighted by atomic mass is 9.65. The molecular weight excluding hydrogens is 252 g/mol. The van der Waals surface area contributed by atoms with Crippen molar-refractivity contribution in [3.8, 4) is 0 Å². The van der Waals surface area contributed by atoms with Crippen LogP contribution in [0.25, 0.3) is 0 Å². The van der Waals surface area contributed by atoms with Crippen molar-refractivity contribution in [2.45, 2.75) is 72.6 Å². The van der Waals surface area contributed by atoms with Crippen LogP contribution >= 0.6 is 0 Å². The van der Waals surface area contributed by atoms with Crippen molar-refractivity contribution >= 4 is 0 Å². The first-order valence-electron chi connectivity index (χ1n) is 9.06. The zero-order valence-electron chi connectivity index (χ0n) is 14.6. The third-order valence-corrected chi connectivity index (χ3v) is 5.79. The molecule has 0 amide bonds. The average Bonchev–Trinajstić information content (AvgIpc) is 2.44. The second kappa shape index (κ2) is 7.47. The molecule has 0 heterocycles. The summed E-state index contributed by atoms with van der Waals surface area (Å²) in [6.45, 7) is 9.85. The maximum Gasteiger partial charge on any atom is -0.0224 e. The van der Waals surface area contributed by atoms with Gasteiger partial charge in [0.2, 0.25) is 0 Å². The van der Waals surface area contributed by atoms with Gasteiger partial charge in [-0.25, -0.2) is 0 Å². The molecule has 4 unspecified atom stereocenters. The fourth-order valence-electron chi connectivity index (χ4n) is 4.54. The van der Waals surface area contributed by atoms with Crippen molar-refractivity contribution in [1.29, 1.82) is 0 Å². The van der Waals surface area contributed by atoms with E-state index in [1.54, 1.807) is 0 Å². The van der Waals surface area contributed by atoms with Crippen LogP contribution in [0.2, 0.25) is 0 Å². The van der Waals surface area contributed by atoms with Gasteiger partial charge in [0, 0.05) is 0 Å². The predicted molar refractivity (Wildman–Crippen MR) is 93.4 cm³/mol. The molecule has 0 radical (unpaired) electrons. The van der Waals surface area contributed by atoms with Gasteiger partial charge >= 0.3 is 0 Å². The third-order valence-electron chi connectivity index (χ3n) is 5.79. The van der Waals surface area contributed by atoms with Gasteiger partial charge in [0.1, 0.15) is 0 Å². The van der Waals surface area contributed by atoms with E-state index in [1.807, 2.05) is 0 Å². The number of hydrogen-bond acceptors (Lipinski definition) is 0. The van der Waals surface area contributed by atoms with Crippen LogP contribution in [0.1, 0.15) is 71.8 Å². The lowest BCUT2D eigenvalue weighted by Crippen LogP contribution is -2.30. The van der Waals surface area contributed by atoms with Crippen LogP contribution in [0, 0.1) is 23.2 Å². The molecule has 0 aromatic heterocycles. The molecule has 1 fully saturated rings. The zero-order chi connectivity index (χ0) is 15.3. The van der Waals surface area contributed by atoms with Gasteiger partial charge in [-0.1, -0.05) is 83.7 Å². The molecular formula is C21H34. The van der Waals surface area contributed by atoms with E-state index in [9.17, 15) is 0 Å². The zero-order valence-corrected chi connectivity index (χ0v) is 14.6. The minimum absolute atomic E-state index is 0.481. The Morgan fingerprint density at radius 2 is 1.86 bits per heavy atom. The Kier molecular flexibility index (Phi) is 5.90. The number of rotatable bonds is 4. The molecule has 1 aliphatic rings. The second-order valence-corrected chi connectivity index (χ2v) is 8.06. The summed E-state index contributed by atoms with van der Waals surface area (Å²) in [5, 5.41) is 0. The summed E-state index contributed by atoms with van der Waals surface area (Å²) in [4.78, 5) is 0. The minimum Gasteiger partial charge on any atom is -0.0651 e. The van der Waals surface area contributed by atoms with Gasteiger partial charge in [-0.15, -0.1) is 0 Å². The highest BCUT2D eigenvalue weighted by Gasteiger charge is 2.33. The molecule has 0 heteroatoms.